The third-order valence-corrected chi connectivity index (χ3v) is 6.16. The first-order valence-corrected chi connectivity index (χ1v) is 10.7. The number of nitrogens with zero attached hydrogens (tertiary/aromatic N) is 1. The number of carboxylic acids is 1. The Morgan fingerprint density at radius 2 is 1.72 bits per heavy atom. The minimum Gasteiger partial charge on any atom is -0.480 e. The number of carbonyl (C=O) groups excluding carboxylic acids is 2. The Bertz CT molecular complexity index is 978. The number of rotatable bonds is 7. The number of fused-ring (bicyclic) bond motifs is 3. The lowest BCUT2D eigenvalue weighted by molar-refractivity contribution is -0.152. The molecular formula is C24H26N2O6. The van der Waals surface area contributed by atoms with Crippen LogP contribution in [0.2, 0.25) is 0 Å². The molecule has 8 heteroatoms. The van der Waals surface area contributed by atoms with Gasteiger partial charge < -0.3 is 24.8 Å². The fourth-order valence-corrected chi connectivity index (χ4v) is 4.57. The molecule has 1 aliphatic heterocycles. The van der Waals surface area contributed by atoms with Crippen LogP contribution in [-0.2, 0) is 19.1 Å². The zero-order chi connectivity index (χ0) is 22.7. The zero-order valence-electron chi connectivity index (χ0n) is 17.8. The normalized spacial score (nSPS) is 18.0. The quantitative estimate of drug-likeness (QED) is 0.689. The lowest BCUT2D eigenvalue weighted by Gasteiger charge is -2.26. The second-order valence-electron chi connectivity index (χ2n) is 7.96. The zero-order valence-corrected chi connectivity index (χ0v) is 17.8. The monoisotopic (exact) mass is 438 g/mol. The van der Waals surface area contributed by atoms with Crippen LogP contribution in [-0.4, -0.2) is 66.9 Å². The molecule has 8 nitrogen and oxygen atoms in total. The first-order valence-electron chi connectivity index (χ1n) is 10.7. The minimum absolute atomic E-state index is 0.0612. The van der Waals surface area contributed by atoms with E-state index in [1.807, 2.05) is 36.4 Å². The highest BCUT2D eigenvalue weighted by molar-refractivity contribution is 5.87. The molecule has 1 aliphatic carbocycles. The second kappa shape index (κ2) is 9.40. The highest BCUT2D eigenvalue weighted by Crippen LogP contribution is 2.44. The van der Waals surface area contributed by atoms with E-state index in [0.29, 0.717) is 19.4 Å². The number of likely N-dealkylation sites (tertiary alicyclic amines) is 1. The third-order valence-electron chi connectivity index (χ3n) is 6.16. The summed E-state index contributed by atoms with van der Waals surface area (Å²) in [6.45, 7) is 0.425. The summed E-state index contributed by atoms with van der Waals surface area (Å²) in [5, 5.41) is 11.9. The van der Waals surface area contributed by atoms with Gasteiger partial charge in [-0.15, -0.1) is 0 Å². The molecule has 2 aromatic rings. The lowest BCUT2D eigenvalue weighted by atomic mass is 9.98. The van der Waals surface area contributed by atoms with Gasteiger partial charge in [0.05, 0.1) is 6.54 Å². The third kappa shape index (κ3) is 4.18. The van der Waals surface area contributed by atoms with Crippen molar-refractivity contribution in [2.45, 2.75) is 30.9 Å². The number of hydrogen-bond acceptors (Lipinski definition) is 5. The molecule has 0 radical (unpaired) electrons. The van der Waals surface area contributed by atoms with Gasteiger partial charge in [-0.05, 0) is 35.1 Å². The Labute approximate surface area is 186 Å². The van der Waals surface area contributed by atoms with Gasteiger partial charge in [0.15, 0.2) is 6.10 Å². The van der Waals surface area contributed by atoms with Gasteiger partial charge in [-0.1, -0.05) is 48.5 Å². The second-order valence-corrected chi connectivity index (χ2v) is 7.96. The van der Waals surface area contributed by atoms with E-state index in [2.05, 4.69) is 17.4 Å². The number of hydrogen-bond donors (Lipinski definition) is 2. The van der Waals surface area contributed by atoms with Crippen LogP contribution in [0.5, 0.6) is 0 Å². The molecule has 0 saturated carbocycles. The van der Waals surface area contributed by atoms with Gasteiger partial charge in [-0.25, -0.2) is 9.59 Å². The Balaban J connectivity index is 1.34. The lowest BCUT2D eigenvalue weighted by Crippen LogP contribution is -2.49. The topological polar surface area (TPSA) is 105 Å². The smallest absolute Gasteiger partial charge is 0.407 e. The molecule has 1 heterocycles. The molecule has 2 aliphatic rings. The molecule has 0 spiro atoms. The number of carbonyl (C=O) groups is 3. The number of carboxylic acid groups (broad SMARTS) is 1. The van der Waals surface area contributed by atoms with E-state index in [9.17, 15) is 19.5 Å². The molecule has 1 saturated heterocycles. The summed E-state index contributed by atoms with van der Waals surface area (Å²) in [5.74, 6) is -1.54. The SMILES string of the molecule is COC(CNC(=O)OCC1c2ccccc2-c2ccccc21)C(=O)N1CCCC1C(=O)O. The van der Waals surface area contributed by atoms with Crippen molar-refractivity contribution < 1.29 is 29.0 Å². The number of methoxy groups -OCH3 is 1. The van der Waals surface area contributed by atoms with Crippen molar-refractivity contribution in [2.75, 3.05) is 26.8 Å². The summed E-state index contributed by atoms with van der Waals surface area (Å²) >= 11 is 0. The predicted molar refractivity (Wildman–Crippen MR) is 116 cm³/mol. The van der Waals surface area contributed by atoms with Crippen LogP contribution >= 0.6 is 0 Å². The number of alkyl carbamates (subject to hydrolysis) is 1. The van der Waals surface area contributed by atoms with Gasteiger partial charge in [0, 0.05) is 19.6 Å². The molecule has 0 aromatic heterocycles. The highest BCUT2D eigenvalue weighted by Gasteiger charge is 2.37. The number of aliphatic carboxylic acids is 1. The van der Waals surface area contributed by atoms with Crippen molar-refractivity contribution in [1.29, 1.82) is 0 Å². The average molecular weight is 438 g/mol. The number of amides is 2. The molecule has 32 heavy (non-hydrogen) atoms. The van der Waals surface area contributed by atoms with Crippen LogP contribution in [0.1, 0.15) is 29.9 Å². The van der Waals surface area contributed by atoms with Gasteiger partial charge >= 0.3 is 12.1 Å². The Kier molecular flexibility index (Phi) is 6.41. The number of nitrogens with one attached hydrogen (secondary N) is 1. The van der Waals surface area contributed by atoms with Gasteiger partial charge in [0.1, 0.15) is 12.6 Å². The molecule has 2 N–H and O–H groups in total. The standard InChI is InChI=1S/C24H26N2O6/c1-31-21(22(27)26-12-6-11-20(26)23(28)29)13-25-24(30)32-14-19-17-9-4-2-7-15(17)16-8-3-5-10-18(16)19/h2-5,7-10,19-21H,6,11-14H2,1H3,(H,25,30)(H,28,29). The Morgan fingerprint density at radius 3 is 2.31 bits per heavy atom. The summed E-state index contributed by atoms with van der Waals surface area (Å²) in [4.78, 5) is 37.7. The van der Waals surface area contributed by atoms with Crippen molar-refractivity contribution in [2.24, 2.45) is 0 Å². The van der Waals surface area contributed by atoms with Crippen LogP contribution in [0.15, 0.2) is 48.5 Å². The van der Waals surface area contributed by atoms with E-state index in [1.165, 1.54) is 12.0 Å². The number of ether oxygens (including phenoxy) is 2. The first kappa shape index (κ1) is 21.8. The molecule has 2 amide bonds. The molecule has 4 rings (SSSR count). The maximum atomic E-state index is 12.7. The van der Waals surface area contributed by atoms with Crippen LogP contribution < -0.4 is 5.32 Å². The summed E-state index contributed by atoms with van der Waals surface area (Å²) in [7, 11) is 1.35. The van der Waals surface area contributed by atoms with E-state index >= 15 is 0 Å². The van der Waals surface area contributed by atoms with Crippen molar-refractivity contribution >= 4 is 18.0 Å². The molecule has 2 aromatic carbocycles. The van der Waals surface area contributed by atoms with E-state index in [1.54, 1.807) is 0 Å². The van der Waals surface area contributed by atoms with Crippen LogP contribution in [0.4, 0.5) is 4.79 Å². The summed E-state index contributed by atoms with van der Waals surface area (Å²) < 4.78 is 10.7. The van der Waals surface area contributed by atoms with Gasteiger partial charge in [-0.3, -0.25) is 4.79 Å². The molecule has 2 atom stereocenters. The number of benzene rings is 2. The van der Waals surface area contributed by atoms with Gasteiger partial charge in [-0.2, -0.15) is 0 Å². The van der Waals surface area contributed by atoms with Crippen molar-refractivity contribution in [3.63, 3.8) is 0 Å². The van der Waals surface area contributed by atoms with Gasteiger partial charge in [0.2, 0.25) is 0 Å². The van der Waals surface area contributed by atoms with E-state index in [-0.39, 0.29) is 19.1 Å². The molecule has 168 valence electrons. The van der Waals surface area contributed by atoms with Crippen molar-refractivity contribution in [3.8, 4) is 11.1 Å². The van der Waals surface area contributed by atoms with E-state index in [4.69, 9.17) is 9.47 Å². The largest absolute Gasteiger partial charge is 0.480 e. The average Bonchev–Trinajstić information content (AvgIpc) is 3.41. The maximum Gasteiger partial charge on any atom is 0.407 e. The summed E-state index contributed by atoms with van der Waals surface area (Å²) in [6, 6.07) is 15.3. The van der Waals surface area contributed by atoms with Crippen LogP contribution in [0, 0.1) is 0 Å². The van der Waals surface area contributed by atoms with Crippen LogP contribution in [0.25, 0.3) is 11.1 Å². The summed E-state index contributed by atoms with van der Waals surface area (Å²) in [6.07, 6.45) is -0.593. The first-order chi connectivity index (χ1) is 15.5. The fourth-order valence-electron chi connectivity index (χ4n) is 4.57. The van der Waals surface area contributed by atoms with E-state index in [0.717, 1.165) is 22.3 Å². The predicted octanol–water partition coefficient (Wildman–Crippen LogP) is 2.62. The Morgan fingerprint density at radius 1 is 1.09 bits per heavy atom. The maximum absolute atomic E-state index is 12.7. The highest BCUT2D eigenvalue weighted by atomic mass is 16.5. The van der Waals surface area contributed by atoms with Gasteiger partial charge in [0.25, 0.3) is 5.91 Å². The van der Waals surface area contributed by atoms with Crippen molar-refractivity contribution in [3.05, 3.63) is 59.7 Å². The molecule has 0 bridgehead atoms. The molecule has 2 unspecified atom stereocenters. The molecule has 1 fully saturated rings. The Hall–Kier alpha value is -3.39. The summed E-state index contributed by atoms with van der Waals surface area (Å²) in [5.41, 5.74) is 4.50. The van der Waals surface area contributed by atoms with Crippen LogP contribution in [0.3, 0.4) is 0 Å². The minimum atomic E-state index is -1.03. The van der Waals surface area contributed by atoms with E-state index < -0.39 is 30.1 Å². The fraction of sp³-hybridized carbons (Fsp3) is 0.375. The molecular weight excluding hydrogens is 412 g/mol. The van der Waals surface area contributed by atoms with Crippen molar-refractivity contribution in [1.82, 2.24) is 10.2 Å².